The fraction of sp³-hybridized carbons (Fsp3) is 0.294. The van der Waals surface area contributed by atoms with E-state index in [1.807, 2.05) is 19.1 Å². The molecule has 2 aromatic rings. The smallest absolute Gasteiger partial charge is 0.238 e. The lowest BCUT2D eigenvalue weighted by atomic mass is 10.2. The van der Waals surface area contributed by atoms with E-state index >= 15 is 0 Å². The number of nitrogens with two attached hydrogens (primary N) is 1. The highest BCUT2D eigenvalue weighted by atomic mass is 35.5. The molecule has 0 fully saturated rings. The van der Waals surface area contributed by atoms with Crippen LogP contribution in [0.25, 0.3) is 0 Å². The third-order valence-corrected chi connectivity index (χ3v) is 3.90. The number of carbonyl (C=O) groups excluding carboxylic acids is 1. The number of rotatable bonds is 7. The molecule has 2 rings (SSSR count). The summed E-state index contributed by atoms with van der Waals surface area (Å²) in [4.78, 5) is 18.2. The number of likely N-dealkylation sites (N-methyl/N-ethyl adjacent to an activating group) is 1. The second kappa shape index (κ2) is 8.50. The van der Waals surface area contributed by atoms with Gasteiger partial charge in [-0.15, -0.1) is 0 Å². The van der Waals surface area contributed by atoms with Gasteiger partial charge in [0.05, 0.1) is 17.3 Å². The highest BCUT2D eigenvalue weighted by Crippen LogP contribution is 2.22. The molecule has 1 aromatic carbocycles. The van der Waals surface area contributed by atoms with Crippen LogP contribution in [0.3, 0.4) is 0 Å². The Bertz CT molecular complexity index is 648. The van der Waals surface area contributed by atoms with Crippen molar-refractivity contribution in [1.82, 2.24) is 9.88 Å². The van der Waals surface area contributed by atoms with Gasteiger partial charge in [-0.05, 0) is 48.9 Å². The second-order valence-corrected chi connectivity index (χ2v) is 5.67. The summed E-state index contributed by atoms with van der Waals surface area (Å²) < 4.78 is 0. The number of nitrogen functional groups attached to an aromatic ring is 1. The van der Waals surface area contributed by atoms with Crippen molar-refractivity contribution in [2.45, 2.75) is 13.3 Å². The van der Waals surface area contributed by atoms with Crippen LogP contribution in [0.2, 0.25) is 5.02 Å². The van der Waals surface area contributed by atoms with Gasteiger partial charge in [-0.1, -0.05) is 18.5 Å². The predicted molar refractivity (Wildman–Crippen MR) is 94.5 cm³/mol. The Hall–Kier alpha value is -2.11. The molecule has 0 unspecified atom stereocenters. The van der Waals surface area contributed by atoms with Crippen LogP contribution in [0, 0.1) is 0 Å². The lowest BCUT2D eigenvalue weighted by Gasteiger charge is -2.20. The average molecular weight is 333 g/mol. The lowest BCUT2D eigenvalue weighted by molar-refractivity contribution is -0.117. The highest BCUT2D eigenvalue weighted by molar-refractivity contribution is 6.33. The number of nitrogens with zero attached hydrogens (tertiary/aromatic N) is 2. The maximum atomic E-state index is 12.2. The summed E-state index contributed by atoms with van der Waals surface area (Å²) >= 11 is 5.87. The molecule has 1 heterocycles. The number of hydrogen-bond acceptors (Lipinski definition) is 4. The van der Waals surface area contributed by atoms with Crippen molar-refractivity contribution >= 4 is 28.9 Å². The quantitative estimate of drug-likeness (QED) is 0.765. The van der Waals surface area contributed by atoms with Gasteiger partial charge >= 0.3 is 0 Å². The van der Waals surface area contributed by atoms with Crippen molar-refractivity contribution in [3.05, 3.63) is 53.3 Å². The van der Waals surface area contributed by atoms with Crippen LogP contribution in [0.4, 0.5) is 11.4 Å². The van der Waals surface area contributed by atoms with Crippen LogP contribution in [0.5, 0.6) is 0 Å². The normalized spacial score (nSPS) is 10.7. The van der Waals surface area contributed by atoms with Crippen molar-refractivity contribution in [2.75, 3.05) is 30.7 Å². The number of nitrogens with one attached hydrogen (secondary N) is 1. The molecular formula is C17H21ClN4O. The van der Waals surface area contributed by atoms with E-state index in [1.54, 1.807) is 30.6 Å². The van der Waals surface area contributed by atoms with Gasteiger partial charge < -0.3 is 11.1 Å². The summed E-state index contributed by atoms with van der Waals surface area (Å²) in [7, 11) is 0. The molecule has 0 aliphatic heterocycles. The average Bonchev–Trinajstić information content (AvgIpc) is 2.56. The number of benzene rings is 1. The topological polar surface area (TPSA) is 71.2 Å². The van der Waals surface area contributed by atoms with Gasteiger partial charge in [0.1, 0.15) is 0 Å². The van der Waals surface area contributed by atoms with Crippen LogP contribution in [0.1, 0.15) is 12.5 Å². The maximum absolute atomic E-state index is 12.2. The second-order valence-electron chi connectivity index (χ2n) is 5.26. The molecular weight excluding hydrogens is 312 g/mol. The molecule has 0 saturated carbocycles. The van der Waals surface area contributed by atoms with E-state index in [9.17, 15) is 4.79 Å². The molecule has 1 amide bonds. The molecule has 1 aromatic heterocycles. The number of aromatic nitrogens is 1. The van der Waals surface area contributed by atoms with Gasteiger partial charge in [-0.3, -0.25) is 14.7 Å². The number of amides is 1. The van der Waals surface area contributed by atoms with Crippen molar-refractivity contribution in [2.24, 2.45) is 0 Å². The molecule has 122 valence electrons. The Kier molecular flexibility index (Phi) is 6.38. The van der Waals surface area contributed by atoms with Crippen molar-refractivity contribution in [3.63, 3.8) is 0 Å². The minimum absolute atomic E-state index is 0.0664. The minimum atomic E-state index is -0.0664. The third kappa shape index (κ3) is 5.54. The Balaban J connectivity index is 1.85. The fourth-order valence-corrected chi connectivity index (χ4v) is 2.33. The molecule has 0 bridgehead atoms. The summed E-state index contributed by atoms with van der Waals surface area (Å²) in [6, 6.07) is 9.06. The van der Waals surface area contributed by atoms with Gasteiger partial charge in [0, 0.05) is 24.6 Å². The third-order valence-electron chi connectivity index (χ3n) is 3.56. The molecule has 0 aliphatic carbocycles. The number of carbonyl (C=O) groups is 1. The Morgan fingerprint density at radius 2 is 2.04 bits per heavy atom. The maximum Gasteiger partial charge on any atom is 0.238 e. The molecule has 5 nitrogen and oxygen atoms in total. The van der Waals surface area contributed by atoms with Crippen molar-refractivity contribution < 1.29 is 4.79 Å². The van der Waals surface area contributed by atoms with Crippen LogP contribution in [-0.4, -0.2) is 35.4 Å². The van der Waals surface area contributed by atoms with E-state index < -0.39 is 0 Å². The van der Waals surface area contributed by atoms with Gasteiger partial charge in [0.15, 0.2) is 0 Å². The molecule has 0 spiro atoms. The van der Waals surface area contributed by atoms with Crippen LogP contribution in [0.15, 0.2) is 42.7 Å². The Labute approximate surface area is 141 Å². The van der Waals surface area contributed by atoms with Gasteiger partial charge in [-0.2, -0.15) is 0 Å². The van der Waals surface area contributed by atoms with Crippen LogP contribution >= 0.6 is 11.6 Å². The molecule has 6 heteroatoms. The highest BCUT2D eigenvalue weighted by Gasteiger charge is 2.10. The van der Waals surface area contributed by atoms with E-state index in [0.29, 0.717) is 22.9 Å². The summed E-state index contributed by atoms with van der Waals surface area (Å²) in [6.45, 7) is 4.00. The zero-order chi connectivity index (χ0) is 16.7. The molecule has 0 saturated heterocycles. The number of halogens is 1. The van der Waals surface area contributed by atoms with E-state index in [4.69, 9.17) is 17.3 Å². The van der Waals surface area contributed by atoms with Crippen LogP contribution in [-0.2, 0) is 11.2 Å². The first-order valence-electron chi connectivity index (χ1n) is 7.54. The first-order valence-corrected chi connectivity index (χ1v) is 7.92. The predicted octanol–water partition coefficient (Wildman–Crippen LogP) is 2.82. The van der Waals surface area contributed by atoms with Crippen molar-refractivity contribution in [3.8, 4) is 0 Å². The zero-order valence-corrected chi connectivity index (χ0v) is 13.9. The minimum Gasteiger partial charge on any atom is -0.397 e. The number of hydrogen-bond donors (Lipinski definition) is 2. The Morgan fingerprint density at radius 1 is 1.30 bits per heavy atom. The van der Waals surface area contributed by atoms with E-state index in [1.165, 1.54) is 5.56 Å². The van der Waals surface area contributed by atoms with E-state index in [2.05, 4.69) is 15.2 Å². The monoisotopic (exact) mass is 332 g/mol. The standard InChI is InChI=1S/C17H21ClN4O/c1-2-22(10-7-13-5-8-20-9-6-13)12-17(23)21-14-3-4-15(18)16(19)11-14/h3-6,8-9,11H,2,7,10,12,19H2,1H3,(H,21,23). The first-order chi connectivity index (χ1) is 11.1. The summed E-state index contributed by atoms with van der Waals surface area (Å²) in [5.74, 6) is -0.0664. The fourth-order valence-electron chi connectivity index (χ4n) is 2.21. The number of pyridine rings is 1. The molecule has 0 radical (unpaired) electrons. The SMILES string of the molecule is CCN(CCc1ccncc1)CC(=O)Nc1ccc(Cl)c(N)c1. The summed E-state index contributed by atoms with van der Waals surface area (Å²) in [5, 5.41) is 3.33. The molecule has 3 N–H and O–H groups in total. The largest absolute Gasteiger partial charge is 0.397 e. The zero-order valence-electron chi connectivity index (χ0n) is 13.1. The molecule has 0 aliphatic rings. The van der Waals surface area contributed by atoms with Gasteiger partial charge in [-0.25, -0.2) is 0 Å². The van der Waals surface area contributed by atoms with E-state index in [0.717, 1.165) is 19.5 Å². The first kappa shape index (κ1) is 17.2. The summed E-state index contributed by atoms with van der Waals surface area (Å²) in [6.07, 6.45) is 4.45. The molecule has 0 atom stereocenters. The Morgan fingerprint density at radius 3 is 2.70 bits per heavy atom. The van der Waals surface area contributed by atoms with E-state index in [-0.39, 0.29) is 5.91 Å². The van der Waals surface area contributed by atoms with Crippen molar-refractivity contribution in [1.29, 1.82) is 0 Å². The van der Waals surface area contributed by atoms with Gasteiger partial charge in [0.25, 0.3) is 0 Å². The molecule has 23 heavy (non-hydrogen) atoms. The van der Waals surface area contributed by atoms with Crippen LogP contribution < -0.4 is 11.1 Å². The number of anilines is 2. The lowest BCUT2D eigenvalue weighted by Crippen LogP contribution is -2.34. The van der Waals surface area contributed by atoms with Gasteiger partial charge in [0.2, 0.25) is 5.91 Å². The summed E-state index contributed by atoms with van der Waals surface area (Å²) in [5.41, 5.74) is 8.06.